The Morgan fingerprint density at radius 2 is 1.67 bits per heavy atom. The van der Waals surface area contributed by atoms with Crippen molar-refractivity contribution in [2.24, 2.45) is 0 Å². The summed E-state index contributed by atoms with van der Waals surface area (Å²) < 4.78 is 21.9. The predicted octanol–water partition coefficient (Wildman–Crippen LogP) is 1.91. The smallest absolute Gasteiger partial charge is 0.163 e. The molecule has 5 atom stereocenters. The van der Waals surface area contributed by atoms with E-state index in [2.05, 4.69) is 19.1 Å². The molecule has 160 valence electrons. The highest BCUT2D eigenvalue weighted by Crippen LogP contribution is 2.35. The van der Waals surface area contributed by atoms with Gasteiger partial charge in [0.05, 0.1) is 12.1 Å². The zero-order valence-electron chi connectivity index (χ0n) is 16.6. The minimum absolute atomic E-state index is 0.238. The van der Waals surface area contributed by atoms with Crippen LogP contribution in [0.15, 0.2) is 48.7 Å². The SMILES string of the molecule is CCc1ccc(Cc2cn([C@@H]3O[C@H](CO)[C@@H](O)[C@H](O)[C@H]3O)c3c(F)cccc23)cc1. The van der Waals surface area contributed by atoms with E-state index in [0.29, 0.717) is 11.8 Å². The first-order chi connectivity index (χ1) is 14.4. The molecule has 0 radical (unpaired) electrons. The van der Waals surface area contributed by atoms with Crippen LogP contribution in [0.5, 0.6) is 0 Å². The van der Waals surface area contributed by atoms with Crippen molar-refractivity contribution in [3.05, 3.63) is 71.2 Å². The van der Waals surface area contributed by atoms with Crippen molar-refractivity contribution < 1.29 is 29.6 Å². The quantitative estimate of drug-likeness (QED) is 0.511. The molecule has 1 aromatic heterocycles. The largest absolute Gasteiger partial charge is 0.394 e. The van der Waals surface area contributed by atoms with Gasteiger partial charge in [-0.25, -0.2) is 4.39 Å². The van der Waals surface area contributed by atoms with E-state index >= 15 is 0 Å². The maximum atomic E-state index is 14.8. The number of hydrogen-bond donors (Lipinski definition) is 4. The van der Waals surface area contributed by atoms with E-state index < -0.39 is 43.1 Å². The van der Waals surface area contributed by atoms with E-state index in [0.717, 1.165) is 17.5 Å². The van der Waals surface area contributed by atoms with E-state index in [1.807, 2.05) is 12.1 Å². The van der Waals surface area contributed by atoms with Gasteiger partial charge in [0.25, 0.3) is 0 Å². The van der Waals surface area contributed by atoms with Crippen LogP contribution in [0.4, 0.5) is 4.39 Å². The molecule has 4 rings (SSSR count). The second kappa shape index (κ2) is 8.45. The van der Waals surface area contributed by atoms with Gasteiger partial charge in [-0.2, -0.15) is 0 Å². The number of aryl methyl sites for hydroxylation is 1. The van der Waals surface area contributed by atoms with Crippen molar-refractivity contribution in [3.8, 4) is 0 Å². The van der Waals surface area contributed by atoms with E-state index in [1.165, 1.54) is 16.2 Å². The van der Waals surface area contributed by atoms with Crippen LogP contribution in [0.25, 0.3) is 10.9 Å². The van der Waals surface area contributed by atoms with Crippen molar-refractivity contribution in [1.29, 1.82) is 0 Å². The Kier molecular flexibility index (Phi) is 5.90. The Morgan fingerprint density at radius 1 is 0.967 bits per heavy atom. The molecule has 30 heavy (non-hydrogen) atoms. The minimum atomic E-state index is -1.53. The minimum Gasteiger partial charge on any atom is -0.394 e. The van der Waals surface area contributed by atoms with Crippen molar-refractivity contribution >= 4 is 10.9 Å². The van der Waals surface area contributed by atoms with Crippen LogP contribution in [-0.4, -0.2) is 56.0 Å². The molecular weight excluding hydrogens is 389 g/mol. The summed E-state index contributed by atoms with van der Waals surface area (Å²) in [6, 6.07) is 12.9. The molecule has 0 amide bonds. The molecule has 1 aliphatic rings. The molecule has 3 aromatic rings. The summed E-state index contributed by atoms with van der Waals surface area (Å²) in [6.07, 6.45) is -3.52. The number of para-hydroxylation sites is 1. The number of nitrogens with zero attached hydrogens (tertiary/aromatic N) is 1. The summed E-state index contributed by atoms with van der Waals surface area (Å²) >= 11 is 0. The van der Waals surface area contributed by atoms with Gasteiger partial charge >= 0.3 is 0 Å². The summed E-state index contributed by atoms with van der Waals surface area (Å²) in [7, 11) is 0. The van der Waals surface area contributed by atoms with E-state index in [1.54, 1.807) is 18.3 Å². The standard InChI is InChI=1S/C23H26FNO5/c1-2-13-6-8-14(9-7-13)10-15-11-25(19-16(15)4-3-5-17(19)24)23-22(29)21(28)20(27)18(12-26)30-23/h3-9,11,18,20-23,26-29H,2,10,12H2,1H3/t18-,20-,21+,22-,23-/m1/s1. The van der Waals surface area contributed by atoms with Gasteiger partial charge in [-0.05, 0) is 35.6 Å². The van der Waals surface area contributed by atoms with Crippen molar-refractivity contribution in [2.75, 3.05) is 6.61 Å². The number of aliphatic hydroxyl groups is 4. The molecule has 4 N–H and O–H groups in total. The number of fused-ring (bicyclic) bond motifs is 1. The molecular formula is C23H26FNO5. The van der Waals surface area contributed by atoms with Gasteiger partial charge in [0.2, 0.25) is 0 Å². The first-order valence-corrected chi connectivity index (χ1v) is 10.1. The summed E-state index contributed by atoms with van der Waals surface area (Å²) in [5.41, 5.74) is 3.37. The maximum Gasteiger partial charge on any atom is 0.163 e. The predicted molar refractivity (Wildman–Crippen MR) is 110 cm³/mol. The van der Waals surface area contributed by atoms with Crippen molar-refractivity contribution in [2.45, 2.75) is 50.4 Å². The Morgan fingerprint density at radius 3 is 2.33 bits per heavy atom. The molecule has 2 heterocycles. The molecule has 2 aromatic carbocycles. The number of aliphatic hydroxyl groups excluding tert-OH is 4. The summed E-state index contributed by atoms with van der Waals surface area (Å²) in [5, 5.41) is 40.9. The fraction of sp³-hybridized carbons (Fsp3) is 0.391. The van der Waals surface area contributed by atoms with Gasteiger partial charge < -0.3 is 29.7 Å². The second-order valence-electron chi connectivity index (χ2n) is 7.76. The Labute approximate surface area is 173 Å². The number of benzene rings is 2. The van der Waals surface area contributed by atoms with Gasteiger partial charge in [-0.15, -0.1) is 0 Å². The zero-order chi connectivity index (χ0) is 21.4. The van der Waals surface area contributed by atoms with Gasteiger partial charge in [0, 0.05) is 11.6 Å². The van der Waals surface area contributed by atoms with Gasteiger partial charge in [0.1, 0.15) is 30.2 Å². The summed E-state index contributed by atoms with van der Waals surface area (Å²) in [4.78, 5) is 0. The molecule has 7 heteroatoms. The Hall–Kier alpha value is -2.29. The highest BCUT2D eigenvalue weighted by molar-refractivity contribution is 5.85. The van der Waals surface area contributed by atoms with E-state index in [4.69, 9.17) is 4.74 Å². The van der Waals surface area contributed by atoms with Gasteiger partial charge in [-0.1, -0.05) is 43.3 Å². The van der Waals surface area contributed by atoms with Crippen LogP contribution in [0.2, 0.25) is 0 Å². The second-order valence-corrected chi connectivity index (χ2v) is 7.76. The maximum absolute atomic E-state index is 14.8. The van der Waals surface area contributed by atoms with Crippen LogP contribution in [0.1, 0.15) is 29.8 Å². The first-order valence-electron chi connectivity index (χ1n) is 10.1. The van der Waals surface area contributed by atoms with Crippen molar-refractivity contribution in [3.63, 3.8) is 0 Å². The first kappa shape index (κ1) is 21.0. The fourth-order valence-electron chi connectivity index (χ4n) is 4.11. The van der Waals surface area contributed by atoms with Crippen LogP contribution in [-0.2, 0) is 17.6 Å². The number of hydrogen-bond acceptors (Lipinski definition) is 5. The molecule has 0 aliphatic carbocycles. The third-order valence-corrected chi connectivity index (χ3v) is 5.85. The lowest BCUT2D eigenvalue weighted by Crippen LogP contribution is -2.56. The van der Waals surface area contributed by atoms with Crippen LogP contribution in [0.3, 0.4) is 0 Å². The Bertz CT molecular complexity index is 1020. The highest BCUT2D eigenvalue weighted by Gasteiger charge is 2.44. The summed E-state index contributed by atoms with van der Waals surface area (Å²) in [5.74, 6) is -0.489. The normalized spacial score (nSPS) is 26.9. The number of ether oxygens (including phenoxy) is 1. The lowest BCUT2D eigenvalue weighted by Gasteiger charge is -2.40. The summed E-state index contributed by atoms with van der Waals surface area (Å²) in [6.45, 7) is 1.55. The number of halogens is 1. The molecule has 0 bridgehead atoms. The molecule has 0 spiro atoms. The zero-order valence-corrected chi connectivity index (χ0v) is 16.6. The topological polar surface area (TPSA) is 95.1 Å². The molecule has 0 unspecified atom stereocenters. The third-order valence-electron chi connectivity index (χ3n) is 5.85. The van der Waals surface area contributed by atoms with Crippen LogP contribution in [0, 0.1) is 5.82 Å². The van der Waals surface area contributed by atoms with Gasteiger partial charge in [-0.3, -0.25) is 0 Å². The lowest BCUT2D eigenvalue weighted by atomic mass is 9.98. The molecule has 1 aliphatic heterocycles. The van der Waals surface area contributed by atoms with Gasteiger partial charge in [0.15, 0.2) is 6.23 Å². The third kappa shape index (κ3) is 3.64. The molecule has 1 fully saturated rings. The van der Waals surface area contributed by atoms with Crippen molar-refractivity contribution in [1.82, 2.24) is 4.57 Å². The van der Waals surface area contributed by atoms with E-state index in [-0.39, 0.29) is 5.52 Å². The average Bonchev–Trinajstić information content (AvgIpc) is 3.12. The van der Waals surface area contributed by atoms with Crippen LogP contribution < -0.4 is 0 Å². The fourth-order valence-corrected chi connectivity index (χ4v) is 4.11. The lowest BCUT2D eigenvalue weighted by molar-refractivity contribution is -0.250. The Balaban J connectivity index is 1.76. The molecule has 0 saturated carbocycles. The number of aromatic nitrogens is 1. The number of rotatable bonds is 5. The van der Waals surface area contributed by atoms with E-state index in [9.17, 15) is 24.8 Å². The highest BCUT2D eigenvalue weighted by atomic mass is 19.1. The molecule has 1 saturated heterocycles. The van der Waals surface area contributed by atoms with Crippen LogP contribution >= 0.6 is 0 Å². The molecule has 6 nitrogen and oxygen atoms in total. The monoisotopic (exact) mass is 415 g/mol. The average molecular weight is 415 g/mol.